The molecule has 1 fully saturated rings. The number of amides is 1. The SMILES string of the molecule is Cc1ccc(-c2noc([C@@H]3CCCCN3C(=O)c3ccc(Cl)cc3)n2)cc1. The number of piperidine rings is 1. The molecular weight excluding hydrogens is 362 g/mol. The Balaban J connectivity index is 1.60. The van der Waals surface area contributed by atoms with Gasteiger partial charge in [0.25, 0.3) is 5.91 Å². The first-order chi connectivity index (χ1) is 13.1. The lowest BCUT2D eigenvalue weighted by Gasteiger charge is -2.33. The molecule has 2 heterocycles. The number of aromatic nitrogens is 2. The van der Waals surface area contributed by atoms with Crippen molar-refractivity contribution >= 4 is 17.5 Å². The van der Waals surface area contributed by atoms with Crippen molar-refractivity contribution in [2.24, 2.45) is 0 Å². The van der Waals surface area contributed by atoms with Gasteiger partial charge in [-0.25, -0.2) is 0 Å². The van der Waals surface area contributed by atoms with Crippen LogP contribution in [0.4, 0.5) is 0 Å². The molecule has 138 valence electrons. The summed E-state index contributed by atoms with van der Waals surface area (Å²) in [6.07, 6.45) is 2.81. The second-order valence-electron chi connectivity index (χ2n) is 6.84. The van der Waals surface area contributed by atoms with Crippen molar-refractivity contribution in [3.8, 4) is 11.4 Å². The number of carbonyl (C=O) groups excluding carboxylic acids is 1. The molecule has 5 nitrogen and oxygen atoms in total. The van der Waals surface area contributed by atoms with Gasteiger partial charge in [0, 0.05) is 22.7 Å². The van der Waals surface area contributed by atoms with Crippen LogP contribution in [0.5, 0.6) is 0 Å². The topological polar surface area (TPSA) is 59.2 Å². The van der Waals surface area contributed by atoms with Gasteiger partial charge in [0.05, 0.1) is 0 Å². The van der Waals surface area contributed by atoms with Crippen molar-refractivity contribution in [3.63, 3.8) is 0 Å². The fraction of sp³-hybridized carbons (Fsp3) is 0.286. The molecule has 0 aliphatic carbocycles. The van der Waals surface area contributed by atoms with E-state index in [0.717, 1.165) is 24.8 Å². The maximum atomic E-state index is 13.0. The molecule has 0 spiro atoms. The highest BCUT2D eigenvalue weighted by atomic mass is 35.5. The Morgan fingerprint density at radius 3 is 2.59 bits per heavy atom. The molecule has 1 aliphatic rings. The van der Waals surface area contributed by atoms with Gasteiger partial charge in [0.2, 0.25) is 11.7 Å². The molecule has 6 heteroatoms. The van der Waals surface area contributed by atoms with Crippen molar-refractivity contribution in [1.82, 2.24) is 15.0 Å². The number of nitrogens with zero attached hydrogens (tertiary/aromatic N) is 3. The summed E-state index contributed by atoms with van der Waals surface area (Å²) in [7, 11) is 0. The monoisotopic (exact) mass is 381 g/mol. The van der Waals surface area contributed by atoms with Crippen LogP contribution in [-0.4, -0.2) is 27.5 Å². The number of halogens is 1. The fourth-order valence-corrected chi connectivity index (χ4v) is 3.51. The first kappa shape index (κ1) is 17.7. The molecule has 4 rings (SSSR count). The molecule has 0 unspecified atom stereocenters. The molecule has 0 radical (unpaired) electrons. The van der Waals surface area contributed by atoms with Crippen LogP contribution < -0.4 is 0 Å². The van der Waals surface area contributed by atoms with E-state index in [-0.39, 0.29) is 11.9 Å². The summed E-state index contributed by atoms with van der Waals surface area (Å²) in [5.41, 5.74) is 2.70. The molecule has 3 aromatic rings. The molecule has 0 N–H and O–H groups in total. The third-order valence-electron chi connectivity index (χ3n) is 4.89. The minimum Gasteiger partial charge on any atom is -0.337 e. The van der Waals surface area contributed by atoms with Gasteiger partial charge < -0.3 is 9.42 Å². The lowest BCUT2D eigenvalue weighted by molar-refractivity contribution is 0.0561. The van der Waals surface area contributed by atoms with Crippen molar-refractivity contribution in [3.05, 3.63) is 70.6 Å². The highest BCUT2D eigenvalue weighted by Crippen LogP contribution is 2.32. The predicted molar refractivity (Wildman–Crippen MR) is 104 cm³/mol. The van der Waals surface area contributed by atoms with E-state index >= 15 is 0 Å². The van der Waals surface area contributed by atoms with E-state index in [2.05, 4.69) is 10.1 Å². The summed E-state index contributed by atoms with van der Waals surface area (Å²) in [6, 6.07) is 14.7. The Labute approximate surface area is 163 Å². The Morgan fingerprint density at radius 2 is 1.85 bits per heavy atom. The van der Waals surface area contributed by atoms with E-state index in [0.29, 0.717) is 28.8 Å². The summed E-state index contributed by atoms with van der Waals surface area (Å²) in [5, 5.41) is 4.74. The molecule has 27 heavy (non-hydrogen) atoms. The average Bonchev–Trinajstić information content (AvgIpc) is 3.19. The number of benzene rings is 2. The lowest BCUT2D eigenvalue weighted by Crippen LogP contribution is -2.38. The molecule has 2 aromatic carbocycles. The first-order valence-electron chi connectivity index (χ1n) is 9.09. The zero-order valence-corrected chi connectivity index (χ0v) is 15.8. The van der Waals surface area contributed by atoms with E-state index in [9.17, 15) is 4.79 Å². The second-order valence-corrected chi connectivity index (χ2v) is 7.28. The molecule has 1 atom stereocenters. The second kappa shape index (κ2) is 7.53. The third-order valence-corrected chi connectivity index (χ3v) is 5.14. The molecular formula is C21H20ClN3O2. The third kappa shape index (κ3) is 3.74. The van der Waals surface area contributed by atoms with Gasteiger partial charge in [0.1, 0.15) is 6.04 Å². The molecule has 0 saturated carbocycles. The Kier molecular flexibility index (Phi) is 4.94. The summed E-state index contributed by atoms with van der Waals surface area (Å²) in [4.78, 5) is 19.4. The summed E-state index contributed by atoms with van der Waals surface area (Å²) < 4.78 is 5.55. The van der Waals surface area contributed by atoms with Crippen LogP contribution in [0, 0.1) is 6.92 Å². The van der Waals surface area contributed by atoms with Gasteiger partial charge in [-0.3, -0.25) is 4.79 Å². The minimum absolute atomic E-state index is 0.0357. The summed E-state index contributed by atoms with van der Waals surface area (Å²) in [5.74, 6) is 1.01. The zero-order valence-electron chi connectivity index (χ0n) is 15.1. The predicted octanol–water partition coefficient (Wildman–Crippen LogP) is 5.07. The summed E-state index contributed by atoms with van der Waals surface area (Å²) in [6.45, 7) is 2.71. The number of likely N-dealkylation sites (tertiary alicyclic amines) is 1. The average molecular weight is 382 g/mol. The smallest absolute Gasteiger partial charge is 0.254 e. The largest absolute Gasteiger partial charge is 0.337 e. The number of hydrogen-bond acceptors (Lipinski definition) is 4. The fourth-order valence-electron chi connectivity index (χ4n) is 3.38. The standard InChI is InChI=1S/C21H20ClN3O2/c1-14-5-7-15(8-6-14)19-23-20(27-24-19)18-4-2-3-13-25(18)21(26)16-9-11-17(22)12-10-16/h5-12,18H,2-4,13H2,1H3/t18-/m0/s1. The van der Waals surface area contributed by atoms with E-state index in [1.165, 1.54) is 5.56 Å². The van der Waals surface area contributed by atoms with Gasteiger partial charge >= 0.3 is 0 Å². The van der Waals surface area contributed by atoms with Crippen LogP contribution in [0.1, 0.15) is 47.1 Å². The number of aryl methyl sites for hydroxylation is 1. The van der Waals surface area contributed by atoms with Crippen LogP contribution in [0.15, 0.2) is 53.1 Å². The van der Waals surface area contributed by atoms with Crippen molar-refractivity contribution in [2.75, 3.05) is 6.54 Å². The molecule has 0 bridgehead atoms. The Hall–Kier alpha value is -2.66. The van der Waals surface area contributed by atoms with Crippen LogP contribution in [0.25, 0.3) is 11.4 Å². The van der Waals surface area contributed by atoms with Crippen molar-refractivity contribution in [1.29, 1.82) is 0 Å². The first-order valence-corrected chi connectivity index (χ1v) is 9.47. The van der Waals surface area contributed by atoms with Crippen LogP contribution in [0.2, 0.25) is 5.02 Å². The maximum absolute atomic E-state index is 13.0. The Bertz CT molecular complexity index is 935. The van der Waals surface area contributed by atoms with E-state index in [4.69, 9.17) is 16.1 Å². The maximum Gasteiger partial charge on any atom is 0.254 e. The normalized spacial score (nSPS) is 17.1. The van der Waals surface area contributed by atoms with Gasteiger partial charge in [-0.05, 0) is 50.5 Å². The van der Waals surface area contributed by atoms with Gasteiger partial charge in [-0.2, -0.15) is 4.98 Å². The Morgan fingerprint density at radius 1 is 1.11 bits per heavy atom. The molecule has 1 aliphatic heterocycles. The van der Waals surface area contributed by atoms with E-state index < -0.39 is 0 Å². The number of rotatable bonds is 3. The van der Waals surface area contributed by atoms with Crippen molar-refractivity contribution < 1.29 is 9.32 Å². The van der Waals surface area contributed by atoms with E-state index in [1.807, 2.05) is 36.1 Å². The highest BCUT2D eigenvalue weighted by molar-refractivity contribution is 6.30. The lowest BCUT2D eigenvalue weighted by atomic mass is 10.0. The van der Waals surface area contributed by atoms with Crippen LogP contribution in [-0.2, 0) is 0 Å². The quantitative estimate of drug-likeness (QED) is 0.635. The van der Waals surface area contributed by atoms with Gasteiger partial charge in [-0.1, -0.05) is 46.6 Å². The highest BCUT2D eigenvalue weighted by Gasteiger charge is 2.32. The molecule has 1 aromatic heterocycles. The summed E-state index contributed by atoms with van der Waals surface area (Å²) >= 11 is 5.94. The van der Waals surface area contributed by atoms with E-state index in [1.54, 1.807) is 24.3 Å². The zero-order chi connectivity index (χ0) is 18.8. The molecule has 1 saturated heterocycles. The number of carbonyl (C=O) groups is 1. The molecule has 1 amide bonds. The van der Waals surface area contributed by atoms with Crippen LogP contribution >= 0.6 is 11.6 Å². The van der Waals surface area contributed by atoms with Gasteiger partial charge in [0.15, 0.2) is 0 Å². The number of hydrogen-bond donors (Lipinski definition) is 0. The van der Waals surface area contributed by atoms with Gasteiger partial charge in [-0.15, -0.1) is 0 Å². The minimum atomic E-state index is -0.200. The van der Waals surface area contributed by atoms with Crippen molar-refractivity contribution in [2.45, 2.75) is 32.2 Å². The van der Waals surface area contributed by atoms with Crippen LogP contribution in [0.3, 0.4) is 0 Å².